The van der Waals surface area contributed by atoms with Gasteiger partial charge in [0.25, 0.3) is 0 Å². The minimum Gasteiger partial charge on any atom is -0.394 e. The van der Waals surface area contributed by atoms with Crippen LogP contribution in [-0.4, -0.2) is 27.5 Å². The Hall–Kier alpha value is -2.05. The van der Waals surface area contributed by atoms with E-state index in [2.05, 4.69) is 27.5 Å². The molecule has 3 rings (SSSR count). The van der Waals surface area contributed by atoms with E-state index < -0.39 is 0 Å². The van der Waals surface area contributed by atoms with Gasteiger partial charge in [0.15, 0.2) is 5.82 Å². The van der Waals surface area contributed by atoms with Gasteiger partial charge in [-0.3, -0.25) is 4.79 Å². The summed E-state index contributed by atoms with van der Waals surface area (Å²) in [5.74, 6) is 1.11. The van der Waals surface area contributed by atoms with Gasteiger partial charge < -0.3 is 22.1 Å². The highest BCUT2D eigenvalue weighted by Gasteiger charge is 2.32. The molecule has 2 saturated carbocycles. The lowest BCUT2D eigenvalue weighted by atomic mass is 9.79. The maximum atomic E-state index is 11.2. The molecule has 23 heavy (non-hydrogen) atoms. The Morgan fingerprint density at radius 3 is 2.57 bits per heavy atom. The molecule has 6 N–H and O–H groups in total. The Labute approximate surface area is 136 Å². The fourth-order valence-electron chi connectivity index (χ4n) is 3.38. The molecular weight excluding hydrogens is 292 g/mol. The Bertz CT molecular complexity index is 578. The number of anilines is 3. The minimum atomic E-state index is -0.190. The van der Waals surface area contributed by atoms with Crippen LogP contribution in [-0.2, 0) is 4.79 Å². The van der Waals surface area contributed by atoms with Crippen LogP contribution in [0.15, 0.2) is 6.20 Å². The van der Waals surface area contributed by atoms with Crippen molar-refractivity contribution in [1.82, 2.24) is 9.97 Å². The van der Waals surface area contributed by atoms with E-state index in [0.717, 1.165) is 38.5 Å². The van der Waals surface area contributed by atoms with Crippen molar-refractivity contribution in [3.05, 3.63) is 6.20 Å². The summed E-state index contributed by atoms with van der Waals surface area (Å²) in [6.07, 6.45) is 8.61. The van der Waals surface area contributed by atoms with Gasteiger partial charge in [-0.1, -0.05) is 0 Å². The minimum absolute atomic E-state index is 0.00610. The van der Waals surface area contributed by atoms with Crippen LogP contribution in [0.3, 0.4) is 0 Å². The van der Waals surface area contributed by atoms with Crippen LogP contribution in [0.5, 0.6) is 0 Å². The number of nitrogens with one attached hydrogen (secondary N) is 2. The number of rotatable bonds is 5. The molecule has 2 fully saturated rings. The standard InChI is InChI=1S/C16H26N6O/c1-16(7-2-8-16)22-15-19-9-12(17)14(21-15)20-11-5-3-10(4-6-11)13(18)23/h9-11H,2-8,17H2,1H3,(H2,18,23)(H2,19,20,21,22). The summed E-state index contributed by atoms with van der Waals surface area (Å²) >= 11 is 0. The summed E-state index contributed by atoms with van der Waals surface area (Å²) in [6.45, 7) is 2.19. The number of amides is 1. The van der Waals surface area contributed by atoms with Gasteiger partial charge in [-0.25, -0.2) is 4.98 Å². The fraction of sp³-hybridized carbons (Fsp3) is 0.688. The largest absolute Gasteiger partial charge is 0.394 e. The summed E-state index contributed by atoms with van der Waals surface area (Å²) in [4.78, 5) is 20.1. The maximum absolute atomic E-state index is 11.2. The van der Waals surface area contributed by atoms with Gasteiger partial charge in [0.05, 0.1) is 11.9 Å². The van der Waals surface area contributed by atoms with Crippen LogP contribution in [0.25, 0.3) is 0 Å². The van der Waals surface area contributed by atoms with Gasteiger partial charge in [0, 0.05) is 17.5 Å². The third kappa shape index (κ3) is 3.65. The molecule has 0 bridgehead atoms. The molecule has 1 heterocycles. The normalized spacial score (nSPS) is 26.1. The van der Waals surface area contributed by atoms with Gasteiger partial charge in [0.1, 0.15) is 0 Å². The number of carbonyl (C=O) groups excluding carboxylic acids is 1. The Kier molecular flexibility index (Phi) is 4.28. The molecule has 1 aromatic rings. The van der Waals surface area contributed by atoms with Crippen molar-refractivity contribution in [2.24, 2.45) is 11.7 Å². The van der Waals surface area contributed by atoms with E-state index in [-0.39, 0.29) is 23.4 Å². The van der Waals surface area contributed by atoms with Crippen molar-refractivity contribution in [2.45, 2.75) is 63.5 Å². The summed E-state index contributed by atoms with van der Waals surface area (Å²) in [7, 11) is 0. The zero-order valence-electron chi connectivity index (χ0n) is 13.6. The third-order valence-electron chi connectivity index (χ3n) is 5.16. The van der Waals surface area contributed by atoms with Crippen molar-refractivity contribution in [3.63, 3.8) is 0 Å². The average Bonchev–Trinajstić information content (AvgIpc) is 2.49. The molecule has 0 aromatic carbocycles. The van der Waals surface area contributed by atoms with E-state index in [9.17, 15) is 4.79 Å². The number of nitrogens with two attached hydrogens (primary N) is 2. The second kappa shape index (κ2) is 6.22. The highest BCUT2D eigenvalue weighted by atomic mass is 16.1. The first-order chi connectivity index (χ1) is 11.0. The summed E-state index contributed by atoms with van der Waals surface area (Å²) in [5, 5.41) is 6.81. The number of nitrogen functional groups attached to an aromatic ring is 1. The zero-order valence-corrected chi connectivity index (χ0v) is 13.6. The maximum Gasteiger partial charge on any atom is 0.225 e. The van der Waals surface area contributed by atoms with Gasteiger partial charge in [0.2, 0.25) is 11.9 Å². The van der Waals surface area contributed by atoms with Gasteiger partial charge >= 0.3 is 0 Å². The molecule has 1 amide bonds. The molecular formula is C16H26N6O. The zero-order chi connectivity index (χ0) is 16.4. The van der Waals surface area contributed by atoms with E-state index in [1.807, 2.05) is 0 Å². The van der Waals surface area contributed by atoms with Gasteiger partial charge in [-0.2, -0.15) is 4.98 Å². The first-order valence-corrected chi connectivity index (χ1v) is 8.42. The number of nitrogens with zero attached hydrogens (tertiary/aromatic N) is 2. The Morgan fingerprint density at radius 2 is 2.00 bits per heavy atom. The van der Waals surface area contributed by atoms with Crippen LogP contribution in [0.4, 0.5) is 17.5 Å². The number of hydrogen-bond acceptors (Lipinski definition) is 6. The lowest BCUT2D eigenvalue weighted by molar-refractivity contribution is -0.122. The van der Waals surface area contributed by atoms with Crippen molar-refractivity contribution in [1.29, 1.82) is 0 Å². The van der Waals surface area contributed by atoms with Crippen LogP contribution in [0, 0.1) is 5.92 Å². The van der Waals surface area contributed by atoms with Crippen molar-refractivity contribution in [3.8, 4) is 0 Å². The highest BCUT2D eigenvalue weighted by Crippen LogP contribution is 2.34. The van der Waals surface area contributed by atoms with E-state index in [0.29, 0.717) is 17.5 Å². The topological polar surface area (TPSA) is 119 Å². The number of aromatic nitrogens is 2. The van der Waals surface area contributed by atoms with E-state index >= 15 is 0 Å². The molecule has 0 saturated heterocycles. The van der Waals surface area contributed by atoms with Gasteiger partial charge in [-0.15, -0.1) is 0 Å². The van der Waals surface area contributed by atoms with Crippen LogP contribution in [0.1, 0.15) is 51.9 Å². The average molecular weight is 318 g/mol. The molecule has 0 atom stereocenters. The molecule has 0 radical (unpaired) electrons. The Balaban J connectivity index is 1.62. The van der Waals surface area contributed by atoms with E-state index in [1.165, 1.54) is 6.42 Å². The van der Waals surface area contributed by atoms with Gasteiger partial charge in [-0.05, 0) is 51.9 Å². The lowest BCUT2D eigenvalue weighted by Gasteiger charge is -2.39. The molecule has 1 aromatic heterocycles. The molecule has 7 nitrogen and oxygen atoms in total. The third-order valence-corrected chi connectivity index (χ3v) is 5.16. The molecule has 2 aliphatic carbocycles. The van der Waals surface area contributed by atoms with E-state index in [4.69, 9.17) is 11.5 Å². The quantitative estimate of drug-likeness (QED) is 0.658. The first-order valence-electron chi connectivity index (χ1n) is 8.42. The highest BCUT2D eigenvalue weighted by molar-refractivity contribution is 5.76. The van der Waals surface area contributed by atoms with Crippen LogP contribution in [0.2, 0.25) is 0 Å². The summed E-state index contributed by atoms with van der Waals surface area (Å²) in [6, 6.07) is 0.273. The second-order valence-corrected chi connectivity index (χ2v) is 7.13. The predicted molar refractivity (Wildman–Crippen MR) is 90.9 cm³/mol. The first kappa shape index (κ1) is 15.8. The van der Waals surface area contributed by atoms with Crippen LogP contribution < -0.4 is 22.1 Å². The molecule has 0 spiro atoms. The van der Waals surface area contributed by atoms with E-state index in [1.54, 1.807) is 6.20 Å². The number of primary amides is 1. The monoisotopic (exact) mass is 318 g/mol. The molecule has 7 heteroatoms. The number of carbonyl (C=O) groups is 1. The fourth-order valence-corrected chi connectivity index (χ4v) is 3.38. The van der Waals surface area contributed by atoms with Crippen LogP contribution >= 0.6 is 0 Å². The van der Waals surface area contributed by atoms with Crippen molar-refractivity contribution >= 4 is 23.4 Å². The van der Waals surface area contributed by atoms with Crippen molar-refractivity contribution in [2.75, 3.05) is 16.4 Å². The summed E-state index contributed by atoms with van der Waals surface area (Å²) < 4.78 is 0. The Morgan fingerprint density at radius 1 is 1.30 bits per heavy atom. The van der Waals surface area contributed by atoms with Crippen molar-refractivity contribution < 1.29 is 4.79 Å². The SMILES string of the molecule is CC1(Nc2ncc(N)c(NC3CCC(C(N)=O)CC3)n2)CCC1. The second-order valence-electron chi connectivity index (χ2n) is 7.13. The molecule has 126 valence electrons. The summed E-state index contributed by atoms with van der Waals surface area (Å²) in [5.41, 5.74) is 12.0. The predicted octanol–water partition coefficient (Wildman–Crippen LogP) is 1.87. The molecule has 2 aliphatic rings. The lowest BCUT2D eigenvalue weighted by Crippen LogP contribution is -2.42. The molecule has 0 aliphatic heterocycles. The molecule has 0 unspecified atom stereocenters. The smallest absolute Gasteiger partial charge is 0.225 e. The number of hydrogen-bond donors (Lipinski definition) is 4.